The average molecular weight is 254 g/mol. The highest BCUT2D eigenvalue weighted by molar-refractivity contribution is 5.93. The van der Waals surface area contributed by atoms with Crippen LogP contribution in [0.2, 0.25) is 0 Å². The first kappa shape index (κ1) is 13.9. The molecule has 0 N–H and O–H groups in total. The predicted molar refractivity (Wildman–Crippen MR) is 84.8 cm³/mol. The minimum atomic E-state index is 1.16. The van der Waals surface area contributed by atoms with Crippen molar-refractivity contribution in [3.05, 3.63) is 42.5 Å². The highest BCUT2D eigenvalue weighted by Gasteiger charge is 2.08. The SMILES string of the molecule is CCCCN(CCCC)c1cccc2[c]cccc12. The molecule has 2 aromatic carbocycles. The summed E-state index contributed by atoms with van der Waals surface area (Å²) in [5, 5.41) is 2.55. The van der Waals surface area contributed by atoms with Gasteiger partial charge < -0.3 is 4.90 Å². The maximum atomic E-state index is 3.33. The molecule has 2 aromatic rings. The van der Waals surface area contributed by atoms with Gasteiger partial charge in [0, 0.05) is 24.2 Å². The number of fused-ring (bicyclic) bond motifs is 1. The predicted octanol–water partition coefficient (Wildman–Crippen LogP) is 5.05. The number of benzene rings is 2. The van der Waals surface area contributed by atoms with Gasteiger partial charge in [-0.3, -0.25) is 0 Å². The molecule has 0 aliphatic rings. The van der Waals surface area contributed by atoms with Crippen molar-refractivity contribution < 1.29 is 0 Å². The first-order chi connectivity index (χ1) is 9.36. The van der Waals surface area contributed by atoms with Crippen molar-refractivity contribution in [2.45, 2.75) is 39.5 Å². The van der Waals surface area contributed by atoms with Gasteiger partial charge in [-0.2, -0.15) is 0 Å². The van der Waals surface area contributed by atoms with Gasteiger partial charge in [0.05, 0.1) is 0 Å². The average Bonchev–Trinajstić information content (AvgIpc) is 2.47. The third-order valence-corrected chi connectivity index (χ3v) is 3.58. The lowest BCUT2D eigenvalue weighted by atomic mass is 10.1. The quantitative estimate of drug-likeness (QED) is 0.668. The molecule has 101 valence electrons. The van der Waals surface area contributed by atoms with E-state index in [0.717, 1.165) is 13.1 Å². The fraction of sp³-hybridized carbons (Fsp3) is 0.444. The second-order valence-electron chi connectivity index (χ2n) is 5.10. The molecular formula is C18H24N. The Labute approximate surface area is 117 Å². The van der Waals surface area contributed by atoms with Crippen LogP contribution < -0.4 is 4.90 Å². The van der Waals surface area contributed by atoms with Gasteiger partial charge in [-0.25, -0.2) is 0 Å². The summed E-state index contributed by atoms with van der Waals surface area (Å²) >= 11 is 0. The molecule has 0 saturated carbocycles. The van der Waals surface area contributed by atoms with Gasteiger partial charge in [0.15, 0.2) is 0 Å². The lowest BCUT2D eigenvalue weighted by Crippen LogP contribution is -2.25. The summed E-state index contributed by atoms with van der Waals surface area (Å²) in [5.74, 6) is 0. The molecule has 1 heteroatoms. The zero-order chi connectivity index (χ0) is 13.5. The highest BCUT2D eigenvalue weighted by atomic mass is 15.1. The van der Waals surface area contributed by atoms with Crippen LogP contribution in [0.15, 0.2) is 36.4 Å². The van der Waals surface area contributed by atoms with Crippen LogP contribution in [0.5, 0.6) is 0 Å². The van der Waals surface area contributed by atoms with Crippen molar-refractivity contribution in [2.75, 3.05) is 18.0 Å². The number of rotatable bonds is 7. The molecule has 0 spiro atoms. The van der Waals surface area contributed by atoms with Crippen LogP contribution >= 0.6 is 0 Å². The van der Waals surface area contributed by atoms with Crippen LogP contribution in [-0.4, -0.2) is 13.1 Å². The van der Waals surface area contributed by atoms with Crippen LogP contribution in [-0.2, 0) is 0 Å². The Hall–Kier alpha value is -1.50. The van der Waals surface area contributed by atoms with E-state index in [9.17, 15) is 0 Å². The Morgan fingerprint density at radius 1 is 0.947 bits per heavy atom. The molecular weight excluding hydrogens is 230 g/mol. The molecule has 0 aliphatic heterocycles. The highest BCUT2D eigenvalue weighted by Crippen LogP contribution is 2.27. The number of unbranched alkanes of at least 4 members (excludes halogenated alkanes) is 2. The van der Waals surface area contributed by atoms with Crippen LogP contribution in [0, 0.1) is 6.07 Å². The molecule has 0 fully saturated rings. The summed E-state index contributed by atoms with van der Waals surface area (Å²) in [5.41, 5.74) is 1.37. The Morgan fingerprint density at radius 2 is 1.68 bits per heavy atom. The maximum Gasteiger partial charge on any atom is 0.0446 e. The summed E-state index contributed by atoms with van der Waals surface area (Å²) < 4.78 is 0. The van der Waals surface area contributed by atoms with Gasteiger partial charge in [0.25, 0.3) is 0 Å². The van der Waals surface area contributed by atoms with Crippen molar-refractivity contribution in [1.82, 2.24) is 0 Å². The van der Waals surface area contributed by atoms with Crippen molar-refractivity contribution in [3.63, 3.8) is 0 Å². The largest absolute Gasteiger partial charge is 0.371 e. The van der Waals surface area contributed by atoms with E-state index < -0.39 is 0 Å². The topological polar surface area (TPSA) is 3.24 Å². The molecule has 0 bridgehead atoms. The smallest absolute Gasteiger partial charge is 0.0446 e. The molecule has 0 amide bonds. The lowest BCUT2D eigenvalue weighted by molar-refractivity contribution is 0.679. The minimum Gasteiger partial charge on any atom is -0.371 e. The Morgan fingerprint density at radius 3 is 2.37 bits per heavy atom. The fourth-order valence-electron chi connectivity index (χ4n) is 2.46. The summed E-state index contributed by atoms with van der Waals surface area (Å²) in [6, 6.07) is 16.2. The molecule has 2 rings (SSSR count). The molecule has 0 atom stereocenters. The summed E-state index contributed by atoms with van der Waals surface area (Å²) in [6.07, 6.45) is 5.02. The van der Waals surface area contributed by atoms with Crippen LogP contribution in [0.1, 0.15) is 39.5 Å². The van der Waals surface area contributed by atoms with Gasteiger partial charge >= 0.3 is 0 Å². The third-order valence-electron chi connectivity index (χ3n) is 3.58. The summed E-state index contributed by atoms with van der Waals surface area (Å²) in [4.78, 5) is 2.54. The van der Waals surface area contributed by atoms with Gasteiger partial charge in [-0.15, -0.1) is 0 Å². The molecule has 1 nitrogen and oxygen atoms in total. The molecule has 19 heavy (non-hydrogen) atoms. The summed E-state index contributed by atoms with van der Waals surface area (Å²) in [7, 11) is 0. The zero-order valence-electron chi connectivity index (χ0n) is 12.2. The van der Waals surface area contributed by atoms with E-state index >= 15 is 0 Å². The minimum absolute atomic E-state index is 1.16. The first-order valence-corrected chi connectivity index (χ1v) is 7.51. The van der Waals surface area contributed by atoms with E-state index in [1.807, 2.05) is 6.07 Å². The van der Waals surface area contributed by atoms with Crippen LogP contribution in [0.3, 0.4) is 0 Å². The second-order valence-corrected chi connectivity index (χ2v) is 5.10. The zero-order valence-corrected chi connectivity index (χ0v) is 12.2. The van der Waals surface area contributed by atoms with Crippen LogP contribution in [0.4, 0.5) is 5.69 Å². The molecule has 0 saturated heterocycles. The Kier molecular flexibility index (Phi) is 5.26. The van der Waals surface area contributed by atoms with Gasteiger partial charge in [-0.1, -0.05) is 57.0 Å². The van der Waals surface area contributed by atoms with E-state index in [4.69, 9.17) is 0 Å². The molecule has 0 heterocycles. The fourth-order valence-corrected chi connectivity index (χ4v) is 2.46. The van der Waals surface area contributed by atoms with E-state index in [1.54, 1.807) is 0 Å². The van der Waals surface area contributed by atoms with E-state index in [2.05, 4.69) is 55.1 Å². The van der Waals surface area contributed by atoms with Gasteiger partial charge in [0.2, 0.25) is 0 Å². The number of hydrogen-bond donors (Lipinski definition) is 0. The lowest BCUT2D eigenvalue weighted by Gasteiger charge is -2.26. The molecule has 0 aromatic heterocycles. The van der Waals surface area contributed by atoms with E-state index in [1.165, 1.54) is 42.1 Å². The van der Waals surface area contributed by atoms with Crippen molar-refractivity contribution in [2.24, 2.45) is 0 Å². The van der Waals surface area contributed by atoms with Gasteiger partial charge in [0.1, 0.15) is 0 Å². The standard InChI is InChI=1S/C18H24N/c1-3-5-14-19(15-6-4-2)18-13-9-11-16-10-7-8-12-17(16)18/h7-9,11-13H,3-6,14-15H2,1-2H3. The van der Waals surface area contributed by atoms with Crippen LogP contribution in [0.25, 0.3) is 10.8 Å². The van der Waals surface area contributed by atoms with Crippen molar-refractivity contribution in [1.29, 1.82) is 0 Å². The Bertz CT molecular complexity index is 491. The summed E-state index contributed by atoms with van der Waals surface area (Å²) in [6.45, 7) is 6.83. The maximum absolute atomic E-state index is 3.33. The normalized spacial score (nSPS) is 10.8. The van der Waals surface area contributed by atoms with Gasteiger partial charge in [-0.05, 0) is 30.4 Å². The number of nitrogens with zero attached hydrogens (tertiary/aromatic N) is 1. The van der Waals surface area contributed by atoms with E-state index in [-0.39, 0.29) is 0 Å². The number of hydrogen-bond acceptors (Lipinski definition) is 1. The second kappa shape index (κ2) is 7.18. The van der Waals surface area contributed by atoms with Crippen molar-refractivity contribution >= 4 is 16.5 Å². The molecule has 0 aliphatic carbocycles. The molecule has 0 unspecified atom stereocenters. The molecule has 1 radical (unpaired) electrons. The van der Waals surface area contributed by atoms with E-state index in [0.29, 0.717) is 0 Å². The Balaban J connectivity index is 2.31. The first-order valence-electron chi connectivity index (χ1n) is 7.51. The number of anilines is 1. The monoisotopic (exact) mass is 254 g/mol. The third kappa shape index (κ3) is 3.50. The van der Waals surface area contributed by atoms with Crippen molar-refractivity contribution in [3.8, 4) is 0 Å².